The summed E-state index contributed by atoms with van der Waals surface area (Å²) in [6.45, 7) is 8.88. The summed E-state index contributed by atoms with van der Waals surface area (Å²) in [5.41, 5.74) is 32.1. The summed E-state index contributed by atoms with van der Waals surface area (Å²) in [7, 11) is 0. The molecule has 2 heterocycles. The van der Waals surface area contributed by atoms with E-state index < -0.39 is 0 Å². The van der Waals surface area contributed by atoms with Crippen molar-refractivity contribution in [2.24, 2.45) is 0 Å². The van der Waals surface area contributed by atoms with Crippen LogP contribution < -0.4 is 19.6 Å². The molecule has 20 aromatic carbocycles. The third-order valence-electron chi connectivity index (χ3n) is 24.5. The van der Waals surface area contributed by atoms with E-state index in [0.717, 1.165) is 216 Å². The molecular weight excluding hydrogens is 1480 g/mol. The summed E-state index contributed by atoms with van der Waals surface area (Å²) < 4.78 is 14.8. The smallest absolute Gasteiger partial charge is 0.143 e. The Kier molecular flexibility index (Phi) is 18.1. The van der Waals surface area contributed by atoms with Gasteiger partial charge < -0.3 is 28.4 Å². The quantitative estimate of drug-likeness (QED) is 0.0905. The van der Waals surface area contributed by atoms with E-state index in [1.54, 1.807) is 0 Å². The molecule has 0 fully saturated rings. The molecule has 0 radical (unpaired) electrons. The highest BCUT2D eigenvalue weighted by Gasteiger charge is 2.29. The molecule has 0 unspecified atom stereocenters. The van der Waals surface area contributed by atoms with E-state index in [0.29, 0.717) is 0 Å². The highest BCUT2D eigenvalue weighted by Crippen LogP contribution is 2.54. The van der Waals surface area contributed by atoms with Gasteiger partial charge in [-0.25, -0.2) is 0 Å². The molecule has 0 aliphatic carbocycles. The zero-order valence-corrected chi connectivity index (χ0v) is 68.0. The maximum absolute atomic E-state index is 7.40. The van der Waals surface area contributed by atoms with E-state index in [1.165, 1.54) is 16.7 Å². The van der Waals surface area contributed by atoms with Crippen molar-refractivity contribution in [2.45, 2.75) is 27.7 Å². The zero-order valence-electron chi connectivity index (χ0n) is 68.0. The van der Waals surface area contributed by atoms with Crippen molar-refractivity contribution >= 4 is 155 Å². The summed E-state index contributed by atoms with van der Waals surface area (Å²) >= 11 is 0. The molecule has 0 amide bonds. The summed E-state index contributed by atoms with van der Waals surface area (Å²) in [5, 5.41) is 12.5. The molecule has 0 bridgehead atoms. The average Bonchev–Trinajstić information content (AvgIpc) is 1.56. The second-order valence-corrected chi connectivity index (χ2v) is 32.2. The van der Waals surface area contributed by atoms with Gasteiger partial charge in [0.25, 0.3) is 0 Å². The van der Waals surface area contributed by atoms with Gasteiger partial charge in [-0.2, -0.15) is 0 Å². The summed E-state index contributed by atoms with van der Waals surface area (Å²) in [6, 6.07) is 155. The Labute approximate surface area is 709 Å². The lowest BCUT2D eigenvalue weighted by Gasteiger charge is -2.29. The van der Waals surface area contributed by atoms with Crippen LogP contribution in [0.2, 0.25) is 0 Å². The van der Waals surface area contributed by atoms with Crippen LogP contribution >= 0.6 is 0 Å². The van der Waals surface area contributed by atoms with Gasteiger partial charge in [-0.05, 0) is 227 Å². The Balaban J connectivity index is 0.700. The van der Waals surface area contributed by atoms with Crippen molar-refractivity contribution in [3.05, 3.63) is 447 Å². The Morgan fingerprint density at radius 3 is 0.680 bits per heavy atom. The highest BCUT2D eigenvalue weighted by molar-refractivity contribution is 6.27. The molecule has 0 saturated heterocycles. The first-order valence-electron chi connectivity index (χ1n) is 41.9. The predicted molar refractivity (Wildman–Crippen MR) is 516 cm³/mol. The van der Waals surface area contributed by atoms with Gasteiger partial charge in [0, 0.05) is 110 Å². The highest BCUT2D eigenvalue weighted by atomic mass is 16.3. The number of aryl methyl sites for hydroxylation is 4. The van der Waals surface area contributed by atoms with Crippen LogP contribution in [0.3, 0.4) is 0 Å². The number of fused-ring (bicyclic) bond motifs is 14. The van der Waals surface area contributed by atoms with Crippen molar-refractivity contribution in [2.75, 3.05) is 19.6 Å². The van der Waals surface area contributed by atoms with Crippen LogP contribution in [0.5, 0.6) is 0 Å². The number of furan rings is 2. The van der Waals surface area contributed by atoms with E-state index in [-0.39, 0.29) is 0 Å². The fourth-order valence-corrected chi connectivity index (χ4v) is 18.7. The molecule has 122 heavy (non-hydrogen) atoms. The van der Waals surface area contributed by atoms with E-state index in [2.05, 4.69) is 472 Å². The van der Waals surface area contributed by atoms with Crippen LogP contribution in [-0.4, -0.2) is 0 Å². The van der Waals surface area contributed by atoms with Gasteiger partial charge in [0.05, 0.1) is 22.7 Å². The minimum absolute atomic E-state index is 0.843. The van der Waals surface area contributed by atoms with Gasteiger partial charge in [0.15, 0.2) is 0 Å². The Morgan fingerprint density at radius 2 is 0.385 bits per heavy atom. The Morgan fingerprint density at radius 1 is 0.156 bits per heavy atom. The molecule has 6 nitrogen and oxygen atoms in total. The second-order valence-electron chi connectivity index (χ2n) is 32.2. The summed E-state index contributed by atoms with van der Waals surface area (Å²) in [6.07, 6.45) is 0. The predicted octanol–water partition coefficient (Wildman–Crippen LogP) is 33.5. The van der Waals surface area contributed by atoms with E-state index in [9.17, 15) is 0 Å². The average molecular weight is 1560 g/mol. The Bertz CT molecular complexity index is 7810. The number of hydrogen-bond acceptors (Lipinski definition) is 6. The fourth-order valence-electron chi connectivity index (χ4n) is 18.7. The SMILES string of the molecule is Cc1cccc(N(c2ccc(-c3ccccc3)cc2)c2cc3c4cc(N(c5ccc(-c6ccccc6)cc5)c5ccc(-c6ccc(N(c7cccc(-c8ccccc8)c7)c7cc8c9cc(N(c%10cccc(C)c%10)c%10cccc(-c%11ccccc%11)c%10)c%10ccccc%10c9oc8c8ccccc78)cc6C)c(C)c5)c5ccccc5c4oc3c3ccccc23)c1. The van der Waals surface area contributed by atoms with Gasteiger partial charge >= 0.3 is 0 Å². The number of nitrogens with zero attached hydrogens (tertiary/aromatic N) is 4. The normalized spacial score (nSPS) is 11.6. The van der Waals surface area contributed by atoms with Crippen LogP contribution in [0.25, 0.3) is 143 Å². The molecule has 0 atom stereocenters. The van der Waals surface area contributed by atoms with Crippen molar-refractivity contribution < 1.29 is 8.83 Å². The molecule has 2 aromatic heterocycles. The number of hydrogen-bond donors (Lipinski definition) is 0. The van der Waals surface area contributed by atoms with Crippen molar-refractivity contribution in [1.82, 2.24) is 0 Å². The lowest BCUT2D eigenvalue weighted by Crippen LogP contribution is -2.12. The zero-order chi connectivity index (χ0) is 81.5. The molecule has 578 valence electrons. The summed E-state index contributed by atoms with van der Waals surface area (Å²) in [5.74, 6) is 0. The third-order valence-corrected chi connectivity index (χ3v) is 24.5. The molecule has 22 rings (SSSR count). The molecule has 0 saturated carbocycles. The maximum atomic E-state index is 7.40. The van der Waals surface area contributed by atoms with Crippen LogP contribution in [0, 0.1) is 27.7 Å². The van der Waals surface area contributed by atoms with Crippen LogP contribution in [0.15, 0.2) is 433 Å². The first kappa shape index (κ1) is 72.7. The molecule has 0 aliphatic rings. The van der Waals surface area contributed by atoms with E-state index >= 15 is 0 Å². The molecule has 6 heteroatoms. The van der Waals surface area contributed by atoms with E-state index in [1.807, 2.05) is 0 Å². The van der Waals surface area contributed by atoms with Crippen LogP contribution in [-0.2, 0) is 0 Å². The van der Waals surface area contributed by atoms with Gasteiger partial charge in [0.1, 0.15) is 22.3 Å². The van der Waals surface area contributed by atoms with Crippen molar-refractivity contribution in [3.8, 4) is 55.6 Å². The first-order valence-corrected chi connectivity index (χ1v) is 41.9. The molecular formula is C116H82N4O2. The van der Waals surface area contributed by atoms with Gasteiger partial charge in [0.2, 0.25) is 0 Å². The Hall–Kier alpha value is -15.8. The van der Waals surface area contributed by atoms with Gasteiger partial charge in [-0.1, -0.05) is 303 Å². The number of benzene rings is 20. The maximum Gasteiger partial charge on any atom is 0.143 e. The number of anilines is 12. The third kappa shape index (κ3) is 12.8. The second kappa shape index (κ2) is 30.3. The summed E-state index contributed by atoms with van der Waals surface area (Å²) in [4.78, 5) is 9.77. The number of rotatable bonds is 17. The van der Waals surface area contributed by atoms with Crippen molar-refractivity contribution in [1.29, 1.82) is 0 Å². The molecule has 0 spiro atoms. The lowest BCUT2D eigenvalue weighted by molar-refractivity contribution is 0.676. The minimum Gasteiger partial charge on any atom is -0.455 e. The largest absolute Gasteiger partial charge is 0.455 e. The van der Waals surface area contributed by atoms with Gasteiger partial charge in [-0.3, -0.25) is 0 Å². The van der Waals surface area contributed by atoms with Crippen LogP contribution in [0.4, 0.5) is 68.2 Å². The topological polar surface area (TPSA) is 39.2 Å². The van der Waals surface area contributed by atoms with Crippen LogP contribution in [0.1, 0.15) is 22.3 Å². The molecule has 0 aliphatic heterocycles. The van der Waals surface area contributed by atoms with E-state index in [4.69, 9.17) is 8.83 Å². The minimum atomic E-state index is 0.843. The standard InChI is InChI=1S/C116H82N4O2/c1-75-29-25-41-89(65-75)117(87-57-53-83(54-58-87)79-31-9-5-10-32-79)109-71-105-106-72-110(98-46-18-22-50-102(98)114(106)121-113(105)101-49-21-17-45-97(101)109)118(88-59-55-84(56-60-88)80-33-11-6-12-34-80)93-61-63-95(77(3)67-93)96-64-62-94(68-78(96)4)120(92-44-28-40-86(70-92)82-37-15-8-16-38-82)112-74-108-107-73-111(99-47-19-23-51-103(99)115(107)122-116(108)104-52-24-20-48-100(104)112)119(90-42-26-30-76(2)66-90)91-43-27-39-85(69-91)81-35-13-7-14-36-81/h5-74H,1-4H3. The van der Waals surface area contributed by atoms with Crippen molar-refractivity contribution in [3.63, 3.8) is 0 Å². The lowest BCUT2D eigenvalue weighted by atomic mass is 9.94. The van der Waals surface area contributed by atoms with Gasteiger partial charge in [-0.15, -0.1) is 0 Å². The molecule has 0 N–H and O–H groups in total. The first-order chi connectivity index (χ1) is 60.1. The monoisotopic (exact) mass is 1560 g/mol. The fraction of sp³-hybridized carbons (Fsp3) is 0.0345. The molecule has 22 aromatic rings.